The zero-order valence-corrected chi connectivity index (χ0v) is 15.0. The molecular weight excluding hydrogens is 316 g/mol. The van der Waals surface area contributed by atoms with Crippen molar-refractivity contribution in [2.24, 2.45) is 5.92 Å². The van der Waals surface area contributed by atoms with Crippen LogP contribution in [0.5, 0.6) is 0 Å². The van der Waals surface area contributed by atoms with E-state index in [0.717, 1.165) is 29.4 Å². The van der Waals surface area contributed by atoms with Crippen molar-refractivity contribution in [3.05, 3.63) is 53.9 Å². The molecule has 2 aromatic rings. The van der Waals surface area contributed by atoms with Crippen LogP contribution in [0.1, 0.15) is 17.5 Å². The van der Waals surface area contributed by atoms with Gasteiger partial charge in [0.15, 0.2) is 5.16 Å². The Morgan fingerprint density at radius 3 is 2.62 bits per heavy atom. The Bertz CT molecular complexity index is 661. The minimum absolute atomic E-state index is 0.756. The minimum atomic E-state index is 0.756. The molecule has 2 aliphatic heterocycles. The summed E-state index contributed by atoms with van der Waals surface area (Å²) in [5.74, 6) is 1.78. The number of nitrogens with zero attached hydrogens (tertiary/aromatic N) is 4. The lowest BCUT2D eigenvalue weighted by molar-refractivity contribution is 0.255. The molecule has 3 heterocycles. The molecule has 1 aromatic heterocycles. The maximum Gasteiger partial charge on any atom is 0.187 e. The minimum Gasteiger partial charge on any atom is -0.302 e. The quantitative estimate of drug-likeness (QED) is 0.617. The highest BCUT2D eigenvalue weighted by Gasteiger charge is 2.39. The van der Waals surface area contributed by atoms with E-state index < -0.39 is 0 Å². The maximum atomic E-state index is 4.54. The summed E-state index contributed by atoms with van der Waals surface area (Å²) in [4.78, 5) is 14.1. The van der Waals surface area contributed by atoms with Crippen LogP contribution in [0, 0.1) is 5.92 Å². The zero-order valence-electron chi connectivity index (χ0n) is 14.1. The van der Waals surface area contributed by atoms with Crippen LogP contribution in [0.4, 0.5) is 0 Å². The number of fused-ring (bicyclic) bond motifs is 1. The molecule has 1 aromatic carbocycles. The van der Waals surface area contributed by atoms with Gasteiger partial charge in [0.25, 0.3) is 0 Å². The van der Waals surface area contributed by atoms with Gasteiger partial charge in [0.05, 0.1) is 0 Å². The van der Waals surface area contributed by atoms with Crippen molar-refractivity contribution in [3.63, 3.8) is 0 Å². The van der Waals surface area contributed by atoms with Crippen molar-refractivity contribution in [2.45, 2.75) is 29.9 Å². The number of hydrogen-bond acceptors (Lipinski definition) is 5. The molecule has 0 spiro atoms. The average molecular weight is 340 g/mol. The van der Waals surface area contributed by atoms with Crippen molar-refractivity contribution in [2.75, 3.05) is 26.7 Å². The summed E-state index contributed by atoms with van der Waals surface area (Å²) in [7, 11) is 2.26. The summed E-state index contributed by atoms with van der Waals surface area (Å²) in [5, 5.41) is 0.862. The van der Waals surface area contributed by atoms with E-state index in [1.54, 1.807) is 11.8 Å². The van der Waals surface area contributed by atoms with E-state index in [9.17, 15) is 0 Å². The Balaban J connectivity index is 1.30. The first-order valence-electron chi connectivity index (χ1n) is 8.68. The van der Waals surface area contributed by atoms with Crippen LogP contribution in [0.3, 0.4) is 0 Å². The van der Waals surface area contributed by atoms with Crippen LogP contribution < -0.4 is 0 Å². The number of likely N-dealkylation sites (N-methyl/N-ethyl adjacent to an activating group) is 1. The molecule has 0 bridgehead atoms. The van der Waals surface area contributed by atoms with E-state index in [1.165, 1.54) is 37.2 Å². The highest BCUT2D eigenvalue weighted by Crippen LogP contribution is 2.30. The van der Waals surface area contributed by atoms with Crippen molar-refractivity contribution in [3.8, 4) is 0 Å². The number of thioether (sulfide) groups is 1. The second-order valence-corrected chi connectivity index (χ2v) is 7.88. The Labute approximate surface area is 148 Å². The highest BCUT2D eigenvalue weighted by molar-refractivity contribution is 7.98. The standard InChI is InChI=1S/C19H24N4S/c1-22-8-7-17-12-23(13-18(17)22)11-16-9-20-19(21-10-16)24-14-15-5-3-2-4-6-15/h2-6,9-10,17-18H,7-8,11-14H2,1H3/t17-,18+/m0/s1. The second kappa shape index (κ2) is 7.21. The van der Waals surface area contributed by atoms with Crippen LogP contribution >= 0.6 is 11.8 Å². The van der Waals surface area contributed by atoms with Gasteiger partial charge in [0, 0.05) is 49.4 Å². The van der Waals surface area contributed by atoms with Crippen LogP contribution in [0.25, 0.3) is 0 Å². The molecule has 0 amide bonds. The molecule has 2 aliphatic rings. The third-order valence-electron chi connectivity index (χ3n) is 5.20. The van der Waals surface area contributed by atoms with Crippen molar-refractivity contribution in [1.82, 2.24) is 19.8 Å². The van der Waals surface area contributed by atoms with Crippen molar-refractivity contribution < 1.29 is 0 Å². The maximum absolute atomic E-state index is 4.54. The first-order chi connectivity index (χ1) is 11.8. The number of hydrogen-bond donors (Lipinski definition) is 0. The van der Waals surface area contributed by atoms with E-state index in [1.807, 2.05) is 18.5 Å². The van der Waals surface area contributed by atoms with Gasteiger partial charge in [-0.25, -0.2) is 9.97 Å². The van der Waals surface area contributed by atoms with Crippen LogP contribution in [0.15, 0.2) is 47.9 Å². The zero-order chi connectivity index (χ0) is 16.4. The van der Waals surface area contributed by atoms with E-state index in [0.29, 0.717) is 0 Å². The van der Waals surface area contributed by atoms with Gasteiger partial charge in [-0.2, -0.15) is 0 Å². The van der Waals surface area contributed by atoms with E-state index >= 15 is 0 Å². The molecule has 2 fully saturated rings. The number of likely N-dealkylation sites (tertiary alicyclic amines) is 2. The van der Waals surface area contributed by atoms with Crippen LogP contribution in [-0.4, -0.2) is 52.5 Å². The van der Waals surface area contributed by atoms with Gasteiger partial charge >= 0.3 is 0 Å². The topological polar surface area (TPSA) is 32.3 Å². The molecule has 4 nitrogen and oxygen atoms in total. The van der Waals surface area contributed by atoms with Gasteiger partial charge in [0.1, 0.15) is 0 Å². The first-order valence-corrected chi connectivity index (χ1v) is 9.67. The Hall–Kier alpha value is -1.43. The van der Waals surface area contributed by atoms with Crippen molar-refractivity contribution in [1.29, 1.82) is 0 Å². The molecule has 4 rings (SSSR count). The predicted octanol–water partition coefficient (Wildman–Crippen LogP) is 2.90. The molecule has 0 radical (unpaired) electrons. The summed E-state index contributed by atoms with van der Waals surface area (Å²) < 4.78 is 0. The smallest absolute Gasteiger partial charge is 0.187 e. The Morgan fingerprint density at radius 1 is 1.08 bits per heavy atom. The van der Waals surface area contributed by atoms with Gasteiger partial charge in [-0.3, -0.25) is 4.90 Å². The lowest BCUT2D eigenvalue weighted by Gasteiger charge is -2.20. The lowest BCUT2D eigenvalue weighted by Crippen LogP contribution is -2.31. The van der Waals surface area contributed by atoms with Gasteiger partial charge in [-0.1, -0.05) is 42.1 Å². The van der Waals surface area contributed by atoms with Gasteiger partial charge < -0.3 is 4.90 Å². The summed E-state index contributed by atoms with van der Waals surface area (Å²) in [5.41, 5.74) is 2.53. The average Bonchev–Trinajstić information content (AvgIpc) is 3.17. The molecule has 5 heteroatoms. The predicted molar refractivity (Wildman–Crippen MR) is 97.8 cm³/mol. The Morgan fingerprint density at radius 2 is 1.88 bits per heavy atom. The lowest BCUT2D eigenvalue weighted by atomic mass is 10.1. The summed E-state index contributed by atoms with van der Waals surface area (Å²) in [6.45, 7) is 4.65. The van der Waals surface area contributed by atoms with Crippen LogP contribution in [-0.2, 0) is 12.3 Å². The molecule has 126 valence electrons. The molecule has 0 aliphatic carbocycles. The third kappa shape index (κ3) is 3.63. The summed E-state index contributed by atoms with van der Waals surface area (Å²) >= 11 is 1.70. The normalized spacial score (nSPS) is 24.4. The first kappa shape index (κ1) is 16.1. The second-order valence-electron chi connectivity index (χ2n) is 6.94. The van der Waals surface area contributed by atoms with Gasteiger partial charge in [0.2, 0.25) is 0 Å². The van der Waals surface area contributed by atoms with Gasteiger partial charge in [-0.15, -0.1) is 0 Å². The van der Waals surface area contributed by atoms with E-state index in [-0.39, 0.29) is 0 Å². The molecule has 24 heavy (non-hydrogen) atoms. The highest BCUT2D eigenvalue weighted by atomic mass is 32.2. The fraction of sp³-hybridized carbons (Fsp3) is 0.474. The molecule has 0 saturated carbocycles. The fourth-order valence-corrected chi connectivity index (χ4v) is 4.61. The van der Waals surface area contributed by atoms with E-state index in [2.05, 4.69) is 51.1 Å². The number of aromatic nitrogens is 2. The molecular formula is C19H24N4S. The number of benzene rings is 1. The summed E-state index contributed by atoms with van der Waals surface area (Å²) in [6.07, 6.45) is 5.35. The molecule has 0 N–H and O–H groups in total. The third-order valence-corrected chi connectivity index (χ3v) is 6.15. The summed E-state index contributed by atoms with van der Waals surface area (Å²) in [6, 6.07) is 11.2. The number of rotatable bonds is 5. The molecule has 2 atom stereocenters. The fourth-order valence-electron chi connectivity index (χ4n) is 3.87. The molecule has 0 unspecified atom stereocenters. The largest absolute Gasteiger partial charge is 0.302 e. The van der Waals surface area contributed by atoms with E-state index in [4.69, 9.17) is 0 Å². The van der Waals surface area contributed by atoms with Crippen molar-refractivity contribution >= 4 is 11.8 Å². The van der Waals surface area contributed by atoms with Gasteiger partial charge in [-0.05, 0) is 31.5 Å². The SMILES string of the molecule is CN1CC[C@H]2CN(Cc3cnc(SCc4ccccc4)nc3)C[C@H]21. The monoisotopic (exact) mass is 340 g/mol. The Kier molecular flexibility index (Phi) is 4.83. The van der Waals surface area contributed by atoms with Crippen LogP contribution in [0.2, 0.25) is 0 Å². The molecule has 2 saturated heterocycles.